The molecule has 0 aromatic heterocycles. The highest BCUT2D eigenvalue weighted by molar-refractivity contribution is 6.31. The van der Waals surface area contributed by atoms with Crippen LogP contribution in [0.4, 0.5) is 11.4 Å². The molecule has 0 saturated carbocycles. The molecule has 3 rings (SSSR count). The number of carbonyl (C=O) groups excluding carboxylic acids is 2. The fraction of sp³-hybridized carbons (Fsp3) is 0.130. The third kappa shape index (κ3) is 6.25. The highest BCUT2D eigenvalue weighted by atomic mass is 35.5. The van der Waals surface area contributed by atoms with Crippen molar-refractivity contribution in [1.29, 1.82) is 0 Å². The lowest BCUT2D eigenvalue weighted by atomic mass is 10.2. The molecule has 7 heteroatoms. The number of halogens is 1. The molecule has 0 bridgehead atoms. The molecule has 0 radical (unpaired) electrons. The first kappa shape index (κ1) is 21.2. The molecule has 2 N–H and O–H groups in total. The van der Waals surface area contributed by atoms with Gasteiger partial charge in [0.2, 0.25) is 5.91 Å². The van der Waals surface area contributed by atoms with Crippen LogP contribution in [-0.4, -0.2) is 18.4 Å². The number of hydrogen-bond donors (Lipinski definition) is 2. The van der Waals surface area contributed by atoms with Crippen LogP contribution in [0.2, 0.25) is 5.02 Å². The summed E-state index contributed by atoms with van der Waals surface area (Å²) in [4.78, 5) is 23.7. The van der Waals surface area contributed by atoms with Crippen molar-refractivity contribution in [3.63, 3.8) is 0 Å². The minimum absolute atomic E-state index is 0.238. The number of ether oxygens (including phenoxy) is 2. The molecular weight excluding hydrogens is 404 g/mol. The zero-order valence-electron chi connectivity index (χ0n) is 16.4. The van der Waals surface area contributed by atoms with Crippen LogP contribution in [0.25, 0.3) is 0 Å². The van der Waals surface area contributed by atoms with Crippen molar-refractivity contribution < 1.29 is 19.1 Å². The summed E-state index contributed by atoms with van der Waals surface area (Å²) in [5.41, 5.74) is 1.86. The molecule has 0 fully saturated rings. The average Bonchev–Trinajstić information content (AvgIpc) is 2.74. The summed E-state index contributed by atoms with van der Waals surface area (Å²) < 4.78 is 11.5. The van der Waals surface area contributed by atoms with E-state index in [9.17, 15) is 9.59 Å². The van der Waals surface area contributed by atoms with Crippen LogP contribution in [0.1, 0.15) is 12.5 Å². The molecule has 0 atom stereocenters. The van der Waals surface area contributed by atoms with Crippen LogP contribution in [0.3, 0.4) is 0 Å². The smallest absolute Gasteiger partial charge is 0.262 e. The van der Waals surface area contributed by atoms with E-state index in [1.807, 2.05) is 36.4 Å². The molecule has 2 amide bonds. The zero-order chi connectivity index (χ0) is 21.3. The number of carbonyl (C=O) groups is 2. The normalized spacial score (nSPS) is 10.2. The Morgan fingerprint density at radius 1 is 0.833 bits per heavy atom. The molecule has 3 aromatic carbocycles. The molecular formula is C23H21ClN2O4. The van der Waals surface area contributed by atoms with Gasteiger partial charge in [-0.3, -0.25) is 9.59 Å². The van der Waals surface area contributed by atoms with Gasteiger partial charge in [-0.1, -0.05) is 54.1 Å². The highest BCUT2D eigenvalue weighted by Crippen LogP contribution is 2.28. The van der Waals surface area contributed by atoms with E-state index in [-0.39, 0.29) is 12.5 Å². The lowest BCUT2D eigenvalue weighted by Crippen LogP contribution is -2.21. The van der Waals surface area contributed by atoms with Crippen LogP contribution in [0.5, 0.6) is 11.5 Å². The summed E-state index contributed by atoms with van der Waals surface area (Å²) >= 11 is 6.00. The predicted molar refractivity (Wildman–Crippen MR) is 117 cm³/mol. The maximum Gasteiger partial charge on any atom is 0.262 e. The van der Waals surface area contributed by atoms with Crippen LogP contribution >= 0.6 is 11.6 Å². The maximum absolute atomic E-state index is 12.4. The molecule has 0 aliphatic rings. The Bertz CT molecular complexity index is 1020. The molecule has 0 heterocycles. The second-order valence-corrected chi connectivity index (χ2v) is 6.87. The molecule has 0 aliphatic heterocycles. The zero-order valence-corrected chi connectivity index (χ0v) is 17.1. The SMILES string of the molecule is CC(=O)Nc1ccc(Cl)cc1NC(=O)COc1ccccc1OCc1ccccc1. The van der Waals surface area contributed by atoms with Crippen molar-refractivity contribution in [3.05, 3.63) is 83.4 Å². The topological polar surface area (TPSA) is 76.7 Å². The van der Waals surface area contributed by atoms with Crippen molar-refractivity contribution in [2.45, 2.75) is 13.5 Å². The van der Waals surface area contributed by atoms with E-state index in [0.29, 0.717) is 34.5 Å². The predicted octanol–water partition coefficient (Wildman–Crippen LogP) is 4.89. The molecule has 0 spiro atoms. The summed E-state index contributed by atoms with van der Waals surface area (Å²) in [5.74, 6) is 0.336. The third-order valence-electron chi connectivity index (χ3n) is 4.01. The molecule has 30 heavy (non-hydrogen) atoms. The van der Waals surface area contributed by atoms with Crippen LogP contribution in [-0.2, 0) is 16.2 Å². The van der Waals surface area contributed by atoms with E-state index in [4.69, 9.17) is 21.1 Å². The van der Waals surface area contributed by atoms with E-state index in [2.05, 4.69) is 10.6 Å². The Labute approximate surface area is 179 Å². The van der Waals surface area contributed by atoms with Crippen molar-refractivity contribution >= 4 is 34.8 Å². The van der Waals surface area contributed by atoms with Gasteiger partial charge in [-0.25, -0.2) is 0 Å². The highest BCUT2D eigenvalue weighted by Gasteiger charge is 2.11. The van der Waals surface area contributed by atoms with Crippen molar-refractivity contribution in [2.75, 3.05) is 17.2 Å². The fourth-order valence-corrected chi connectivity index (χ4v) is 2.84. The second kappa shape index (κ2) is 10.3. The van der Waals surface area contributed by atoms with Gasteiger partial charge in [0.15, 0.2) is 18.1 Å². The first-order chi connectivity index (χ1) is 14.5. The van der Waals surface area contributed by atoms with Gasteiger partial charge in [-0.2, -0.15) is 0 Å². The second-order valence-electron chi connectivity index (χ2n) is 6.43. The molecule has 0 saturated heterocycles. The number of amides is 2. The van der Waals surface area contributed by atoms with Crippen LogP contribution < -0.4 is 20.1 Å². The number of rotatable bonds is 8. The minimum atomic E-state index is -0.401. The Kier molecular flexibility index (Phi) is 7.29. The lowest BCUT2D eigenvalue weighted by Gasteiger charge is -2.14. The number of anilines is 2. The van der Waals surface area contributed by atoms with E-state index in [1.54, 1.807) is 36.4 Å². The van der Waals surface area contributed by atoms with E-state index >= 15 is 0 Å². The molecule has 6 nitrogen and oxygen atoms in total. The van der Waals surface area contributed by atoms with Crippen molar-refractivity contribution in [1.82, 2.24) is 0 Å². The number of nitrogens with one attached hydrogen (secondary N) is 2. The molecule has 0 aliphatic carbocycles. The number of para-hydroxylation sites is 2. The van der Waals surface area contributed by atoms with Crippen molar-refractivity contribution in [2.24, 2.45) is 0 Å². The molecule has 3 aromatic rings. The first-order valence-electron chi connectivity index (χ1n) is 9.27. The van der Waals surface area contributed by atoms with Crippen LogP contribution in [0.15, 0.2) is 72.8 Å². The third-order valence-corrected chi connectivity index (χ3v) is 4.25. The van der Waals surface area contributed by atoms with Gasteiger partial charge in [-0.15, -0.1) is 0 Å². The standard InChI is InChI=1S/C23H21ClN2O4/c1-16(27)25-19-12-11-18(24)13-20(19)26-23(28)15-30-22-10-6-5-9-21(22)29-14-17-7-3-2-4-8-17/h2-13H,14-15H2,1H3,(H,25,27)(H,26,28). The largest absolute Gasteiger partial charge is 0.485 e. The van der Waals surface area contributed by atoms with E-state index < -0.39 is 5.91 Å². The fourth-order valence-electron chi connectivity index (χ4n) is 2.67. The van der Waals surface area contributed by atoms with Gasteiger partial charge in [0.05, 0.1) is 11.4 Å². The Morgan fingerprint density at radius 2 is 1.50 bits per heavy atom. The summed E-state index contributed by atoms with van der Waals surface area (Å²) in [6.45, 7) is 1.53. The van der Waals surface area contributed by atoms with Gasteiger partial charge in [-0.05, 0) is 35.9 Å². The van der Waals surface area contributed by atoms with Gasteiger partial charge >= 0.3 is 0 Å². The quantitative estimate of drug-likeness (QED) is 0.539. The Hall–Kier alpha value is -3.51. The van der Waals surface area contributed by atoms with E-state index in [1.165, 1.54) is 6.92 Å². The molecule has 154 valence electrons. The average molecular weight is 425 g/mol. The number of benzene rings is 3. The summed E-state index contributed by atoms with van der Waals surface area (Å²) in [7, 11) is 0. The minimum Gasteiger partial charge on any atom is -0.485 e. The summed E-state index contributed by atoms with van der Waals surface area (Å²) in [5, 5.41) is 5.78. The van der Waals surface area contributed by atoms with Crippen LogP contribution in [0, 0.1) is 0 Å². The summed E-state index contributed by atoms with van der Waals surface area (Å²) in [6, 6.07) is 21.7. The monoisotopic (exact) mass is 424 g/mol. The molecule has 0 unspecified atom stereocenters. The maximum atomic E-state index is 12.4. The van der Waals surface area contributed by atoms with Gasteiger partial charge in [0.1, 0.15) is 6.61 Å². The van der Waals surface area contributed by atoms with Gasteiger partial charge < -0.3 is 20.1 Å². The van der Waals surface area contributed by atoms with Gasteiger partial charge in [0, 0.05) is 11.9 Å². The number of hydrogen-bond acceptors (Lipinski definition) is 4. The lowest BCUT2D eigenvalue weighted by molar-refractivity contribution is -0.118. The summed E-state index contributed by atoms with van der Waals surface area (Å²) in [6.07, 6.45) is 0. The van der Waals surface area contributed by atoms with Crippen molar-refractivity contribution in [3.8, 4) is 11.5 Å². The first-order valence-corrected chi connectivity index (χ1v) is 9.64. The van der Waals surface area contributed by atoms with Gasteiger partial charge in [0.25, 0.3) is 5.91 Å². The Morgan fingerprint density at radius 3 is 2.20 bits per heavy atom. The van der Waals surface area contributed by atoms with E-state index in [0.717, 1.165) is 5.56 Å². The Balaban J connectivity index is 1.61.